The lowest BCUT2D eigenvalue weighted by Gasteiger charge is -2.30. The number of piperidine rings is 1. The number of nitrogens with one attached hydrogen (secondary N) is 1. The van der Waals surface area contributed by atoms with Crippen LogP contribution in [0.25, 0.3) is 0 Å². The Bertz CT molecular complexity index is 518. The molecule has 6 heteroatoms. The van der Waals surface area contributed by atoms with E-state index in [4.69, 9.17) is 10.2 Å². The van der Waals surface area contributed by atoms with Crippen LogP contribution in [0, 0.1) is 5.92 Å². The van der Waals surface area contributed by atoms with Gasteiger partial charge in [0, 0.05) is 19.6 Å². The van der Waals surface area contributed by atoms with Gasteiger partial charge in [-0.25, -0.2) is 4.79 Å². The summed E-state index contributed by atoms with van der Waals surface area (Å²) in [5, 5.41) is 20.9. The van der Waals surface area contributed by atoms with Gasteiger partial charge in [0.05, 0.1) is 12.5 Å². The smallest absolute Gasteiger partial charge is 0.317 e. The highest BCUT2D eigenvalue weighted by atomic mass is 16.4. The molecule has 1 atom stereocenters. The number of amides is 2. The van der Waals surface area contributed by atoms with Crippen molar-refractivity contribution in [3.05, 3.63) is 35.4 Å². The minimum atomic E-state index is -0.844. The zero-order valence-electron chi connectivity index (χ0n) is 11.8. The van der Waals surface area contributed by atoms with Crippen LogP contribution < -0.4 is 5.32 Å². The molecule has 1 aliphatic heterocycles. The van der Waals surface area contributed by atoms with E-state index in [1.54, 1.807) is 4.90 Å². The monoisotopic (exact) mass is 292 g/mol. The molecular weight excluding hydrogens is 272 g/mol. The molecule has 1 unspecified atom stereocenters. The zero-order chi connectivity index (χ0) is 15.2. The van der Waals surface area contributed by atoms with Crippen molar-refractivity contribution in [1.82, 2.24) is 10.2 Å². The van der Waals surface area contributed by atoms with Gasteiger partial charge in [0.2, 0.25) is 0 Å². The number of rotatable bonds is 4. The molecule has 0 radical (unpaired) electrons. The van der Waals surface area contributed by atoms with Gasteiger partial charge in [-0.2, -0.15) is 0 Å². The van der Waals surface area contributed by atoms with Crippen molar-refractivity contribution in [2.75, 3.05) is 13.1 Å². The summed E-state index contributed by atoms with van der Waals surface area (Å²) in [6.07, 6.45) is 1.34. The molecule has 114 valence electrons. The molecule has 2 rings (SSSR count). The molecule has 1 fully saturated rings. The molecule has 2 amide bonds. The number of hydrogen-bond acceptors (Lipinski definition) is 3. The number of benzene rings is 1. The number of carboxylic acid groups (broad SMARTS) is 1. The third-order valence-corrected chi connectivity index (χ3v) is 3.68. The number of carboxylic acids is 1. The van der Waals surface area contributed by atoms with E-state index < -0.39 is 11.9 Å². The first-order valence-corrected chi connectivity index (χ1v) is 7.04. The van der Waals surface area contributed by atoms with Crippen LogP contribution in [0.5, 0.6) is 0 Å². The second kappa shape index (κ2) is 7.08. The van der Waals surface area contributed by atoms with Crippen LogP contribution >= 0.6 is 0 Å². The topological polar surface area (TPSA) is 89.9 Å². The summed E-state index contributed by atoms with van der Waals surface area (Å²) in [7, 11) is 0. The highest BCUT2D eigenvalue weighted by Crippen LogP contribution is 2.16. The van der Waals surface area contributed by atoms with Crippen molar-refractivity contribution in [2.45, 2.75) is 26.0 Å². The number of nitrogens with zero attached hydrogens (tertiary/aromatic N) is 1. The molecule has 0 aliphatic carbocycles. The van der Waals surface area contributed by atoms with E-state index in [2.05, 4.69) is 5.32 Å². The number of aliphatic hydroxyl groups excluding tert-OH is 1. The number of likely N-dealkylation sites (tertiary alicyclic amines) is 1. The molecule has 6 nitrogen and oxygen atoms in total. The first-order chi connectivity index (χ1) is 10.1. The third-order valence-electron chi connectivity index (χ3n) is 3.68. The average Bonchev–Trinajstić information content (AvgIpc) is 2.53. The van der Waals surface area contributed by atoms with Crippen LogP contribution in [0.4, 0.5) is 4.79 Å². The fourth-order valence-electron chi connectivity index (χ4n) is 2.49. The first-order valence-electron chi connectivity index (χ1n) is 7.04. The largest absolute Gasteiger partial charge is 0.481 e. The summed E-state index contributed by atoms with van der Waals surface area (Å²) in [5.41, 5.74) is 1.70. The van der Waals surface area contributed by atoms with E-state index in [9.17, 15) is 9.59 Å². The highest BCUT2D eigenvalue weighted by molar-refractivity contribution is 5.76. The van der Waals surface area contributed by atoms with Gasteiger partial charge in [-0.1, -0.05) is 24.3 Å². The molecule has 3 N–H and O–H groups in total. The Morgan fingerprint density at radius 3 is 2.81 bits per heavy atom. The second-order valence-corrected chi connectivity index (χ2v) is 5.26. The van der Waals surface area contributed by atoms with Crippen LogP contribution in [-0.2, 0) is 17.9 Å². The molecular formula is C15H20N2O4. The number of carbonyl (C=O) groups excluding carboxylic acids is 1. The minimum Gasteiger partial charge on any atom is -0.481 e. The second-order valence-electron chi connectivity index (χ2n) is 5.26. The molecule has 0 spiro atoms. The third kappa shape index (κ3) is 4.19. The number of aliphatic hydroxyl groups is 1. The molecule has 1 aliphatic rings. The lowest BCUT2D eigenvalue weighted by atomic mass is 9.99. The van der Waals surface area contributed by atoms with Crippen molar-refractivity contribution in [3.8, 4) is 0 Å². The summed E-state index contributed by atoms with van der Waals surface area (Å²) in [6, 6.07) is 7.10. The van der Waals surface area contributed by atoms with Crippen LogP contribution in [0.1, 0.15) is 24.0 Å². The van der Waals surface area contributed by atoms with Crippen molar-refractivity contribution < 1.29 is 19.8 Å². The molecule has 0 bridgehead atoms. The molecule has 0 saturated carbocycles. The van der Waals surface area contributed by atoms with E-state index in [0.717, 1.165) is 11.1 Å². The maximum absolute atomic E-state index is 12.1. The summed E-state index contributed by atoms with van der Waals surface area (Å²) in [6.45, 7) is 1.18. The quantitative estimate of drug-likeness (QED) is 0.777. The van der Waals surface area contributed by atoms with Crippen molar-refractivity contribution in [2.24, 2.45) is 5.92 Å². The number of hydrogen-bond donors (Lipinski definition) is 3. The maximum Gasteiger partial charge on any atom is 0.317 e. The lowest BCUT2D eigenvalue weighted by molar-refractivity contribution is -0.143. The Morgan fingerprint density at radius 1 is 1.33 bits per heavy atom. The van der Waals surface area contributed by atoms with Crippen LogP contribution in [0.2, 0.25) is 0 Å². The maximum atomic E-state index is 12.1. The number of carbonyl (C=O) groups is 2. The van der Waals surface area contributed by atoms with Gasteiger partial charge in [-0.15, -0.1) is 0 Å². The summed E-state index contributed by atoms with van der Waals surface area (Å²) >= 11 is 0. The van der Waals surface area contributed by atoms with Gasteiger partial charge in [0.15, 0.2) is 0 Å². The average molecular weight is 292 g/mol. The van der Waals surface area contributed by atoms with E-state index in [0.29, 0.717) is 25.9 Å². The number of aliphatic carboxylic acids is 1. The Labute approximate surface area is 123 Å². The van der Waals surface area contributed by atoms with Crippen LogP contribution in [-0.4, -0.2) is 40.2 Å². The Hall–Kier alpha value is -2.08. The molecule has 1 heterocycles. The molecule has 0 aromatic heterocycles. The van der Waals surface area contributed by atoms with Crippen molar-refractivity contribution in [3.63, 3.8) is 0 Å². The fourth-order valence-corrected chi connectivity index (χ4v) is 2.49. The predicted octanol–water partition coefficient (Wildman–Crippen LogP) is 1.19. The normalized spacial score (nSPS) is 18.3. The summed E-state index contributed by atoms with van der Waals surface area (Å²) < 4.78 is 0. The summed E-state index contributed by atoms with van der Waals surface area (Å²) in [5.74, 6) is -1.31. The van der Waals surface area contributed by atoms with Crippen LogP contribution in [0.3, 0.4) is 0 Å². The summed E-state index contributed by atoms with van der Waals surface area (Å²) in [4.78, 5) is 24.6. The van der Waals surface area contributed by atoms with Crippen LogP contribution in [0.15, 0.2) is 24.3 Å². The molecule has 1 aromatic carbocycles. The predicted molar refractivity (Wildman–Crippen MR) is 76.5 cm³/mol. The van der Waals surface area contributed by atoms with E-state index in [-0.39, 0.29) is 19.2 Å². The highest BCUT2D eigenvalue weighted by Gasteiger charge is 2.27. The van der Waals surface area contributed by atoms with Gasteiger partial charge >= 0.3 is 12.0 Å². The van der Waals surface area contributed by atoms with Gasteiger partial charge in [-0.05, 0) is 24.0 Å². The Balaban J connectivity index is 1.87. The van der Waals surface area contributed by atoms with Gasteiger partial charge in [0.25, 0.3) is 0 Å². The molecule has 1 saturated heterocycles. The standard InChI is InChI=1S/C15H20N2O4/c18-10-12-4-1-3-11(7-12)8-16-15(21)17-6-2-5-13(9-17)14(19)20/h1,3-4,7,13,18H,2,5-6,8-10H2,(H,16,21)(H,19,20). The van der Waals surface area contributed by atoms with E-state index in [1.807, 2.05) is 24.3 Å². The molecule has 21 heavy (non-hydrogen) atoms. The van der Waals surface area contributed by atoms with E-state index >= 15 is 0 Å². The first kappa shape index (κ1) is 15.3. The minimum absolute atomic E-state index is 0.0335. The molecule has 1 aromatic rings. The van der Waals surface area contributed by atoms with Gasteiger partial charge in [0.1, 0.15) is 0 Å². The Morgan fingerprint density at radius 2 is 2.10 bits per heavy atom. The van der Waals surface area contributed by atoms with Gasteiger partial charge in [-0.3, -0.25) is 4.79 Å². The van der Waals surface area contributed by atoms with Crippen molar-refractivity contribution >= 4 is 12.0 Å². The van der Waals surface area contributed by atoms with Gasteiger partial charge < -0.3 is 20.4 Å². The zero-order valence-corrected chi connectivity index (χ0v) is 11.8. The van der Waals surface area contributed by atoms with E-state index in [1.165, 1.54) is 0 Å². The van der Waals surface area contributed by atoms with Crippen molar-refractivity contribution in [1.29, 1.82) is 0 Å². The lowest BCUT2D eigenvalue weighted by Crippen LogP contribution is -2.46. The Kier molecular flexibility index (Phi) is 5.16. The number of urea groups is 1. The SMILES string of the molecule is O=C(O)C1CCCN(C(=O)NCc2cccc(CO)c2)C1. The fraction of sp³-hybridized carbons (Fsp3) is 0.467.